The van der Waals surface area contributed by atoms with Gasteiger partial charge in [0.1, 0.15) is 0 Å². The van der Waals surface area contributed by atoms with Crippen LogP contribution in [0.4, 0.5) is 5.69 Å². The molecule has 2 aromatic carbocycles. The van der Waals surface area contributed by atoms with E-state index < -0.39 is 0 Å². The molecule has 3 atom stereocenters. The van der Waals surface area contributed by atoms with Crippen LogP contribution in [0.5, 0.6) is 0 Å². The first-order chi connectivity index (χ1) is 16.9. The fourth-order valence-electron chi connectivity index (χ4n) is 5.71. The molecule has 2 saturated heterocycles. The number of carbonyl (C=O) groups is 3. The second-order valence-electron chi connectivity index (χ2n) is 9.48. The normalized spacial score (nSPS) is 22.7. The molecule has 178 valence electrons. The molecule has 2 fully saturated rings. The second kappa shape index (κ2) is 8.50. The van der Waals surface area contributed by atoms with Crippen molar-refractivity contribution in [1.82, 2.24) is 15.2 Å². The van der Waals surface area contributed by atoms with Crippen LogP contribution < -0.4 is 10.6 Å². The van der Waals surface area contributed by atoms with Gasteiger partial charge < -0.3 is 15.5 Å². The SMILES string of the molecule is O=C1Cc2cc(C(=O)NC3CC4CC[C@H](C3)N4C(=O)c3ccc4c(Cl)ccnc4c3)c(Cl)cc2N1. The van der Waals surface area contributed by atoms with Crippen molar-refractivity contribution < 1.29 is 14.4 Å². The maximum Gasteiger partial charge on any atom is 0.254 e. The zero-order valence-corrected chi connectivity index (χ0v) is 20.2. The summed E-state index contributed by atoms with van der Waals surface area (Å²) in [5.41, 5.74) is 3.10. The third-order valence-electron chi connectivity index (χ3n) is 7.30. The monoisotopic (exact) mass is 508 g/mol. The standard InChI is InChI=1S/C26H22Cl2N4O3/c27-20-5-6-29-23-8-13(1-4-18(20)23)26(35)32-16-2-3-17(32)11-15(10-16)30-25(34)19-7-14-9-24(33)31-22(14)12-21(19)28/h1,4-8,12,15-17H,2-3,9-11H2,(H,30,34)(H,31,33)/t15?,16-,17?/m1/s1. The first-order valence-electron chi connectivity index (χ1n) is 11.7. The Kier molecular flexibility index (Phi) is 5.42. The summed E-state index contributed by atoms with van der Waals surface area (Å²) >= 11 is 12.6. The summed E-state index contributed by atoms with van der Waals surface area (Å²) in [4.78, 5) is 44.5. The highest BCUT2D eigenvalue weighted by molar-refractivity contribution is 6.35. The summed E-state index contributed by atoms with van der Waals surface area (Å²) in [6.45, 7) is 0. The number of halogens is 2. The van der Waals surface area contributed by atoms with Crippen LogP contribution in [0.25, 0.3) is 10.9 Å². The summed E-state index contributed by atoms with van der Waals surface area (Å²) in [7, 11) is 0. The van der Waals surface area contributed by atoms with Gasteiger partial charge in [0.05, 0.1) is 27.5 Å². The first-order valence-corrected chi connectivity index (χ1v) is 12.4. The number of carbonyl (C=O) groups excluding carboxylic acids is 3. The highest BCUT2D eigenvalue weighted by atomic mass is 35.5. The van der Waals surface area contributed by atoms with E-state index in [2.05, 4.69) is 15.6 Å². The number of pyridine rings is 1. The Morgan fingerprint density at radius 1 is 1.03 bits per heavy atom. The third kappa shape index (κ3) is 3.93. The van der Waals surface area contributed by atoms with E-state index in [-0.39, 0.29) is 42.3 Å². The highest BCUT2D eigenvalue weighted by Gasteiger charge is 2.44. The molecule has 35 heavy (non-hydrogen) atoms. The van der Waals surface area contributed by atoms with Crippen molar-refractivity contribution in [3.05, 3.63) is 69.3 Å². The molecule has 0 spiro atoms. The molecule has 0 radical (unpaired) electrons. The van der Waals surface area contributed by atoms with Crippen LogP contribution in [0.1, 0.15) is 52.0 Å². The van der Waals surface area contributed by atoms with Gasteiger partial charge in [-0.25, -0.2) is 0 Å². The van der Waals surface area contributed by atoms with Crippen LogP contribution in [0.2, 0.25) is 10.0 Å². The van der Waals surface area contributed by atoms with Gasteiger partial charge in [-0.05, 0) is 61.6 Å². The molecule has 6 rings (SSSR count). The average molecular weight is 509 g/mol. The summed E-state index contributed by atoms with van der Waals surface area (Å²) in [5.74, 6) is -0.365. The number of fused-ring (bicyclic) bond motifs is 4. The molecular weight excluding hydrogens is 487 g/mol. The Morgan fingerprint density at radius 3 is 2.57 bits per heavy atom. The van der Waals surface area contributed by atoms with Gasteiger partial charge in [0, 0.05) is 41.0 Å². The smallest absolute Gasteiger partial charge is 0.254 e. The minimum atomic E-state index is -0.251. The van der Waals surface area contributed by atoms with Crippen LogP contribution in [-0.2, 0) is 11.2 Å². The Balaban J connectivity index is 1.17. The number of anilines is 1. The maximum absolute atomic E-state index is 13.4. The fraction of sp³-hybridized carbons (Fsp3) is 0.308. The quantitative estimate of drug-likeness (QED) is 0.540. The van der Waals surface area contributed by atoms with Gasteiger partial charge in [0.15, 0.2) is 0 Å². The van der Waals surface area contributed by atoms with Crippen LogP contribution in [0.15, 0.2) is 42.6 Å². The number of hydrogen-bond acceptors (Lipinski definition) is 4. The van der Waals surface area contributed by atoms with Crippen LogP contribution in [0, 0.1) is 0 Å². The zero-order chi connectivity index (χ0) is 24.3. The van der Waals surface area contributed by atoms with Crippen molar-refractivity contribution >= 4 is 57.5 Å². The molecule has 9 heteroatoms. The molecule has 3 amide bonds. The summed E-state index contributed by atoms with van der Waals surface area (Å²) in [5, 5.41) is 7.60. The minimum Gasteiger partial charge on any atom is -0.349 e. The van der Waals surface area contributed by atoms with E-state index in [1.54, 1.807) is 36.5 Å². The van der Waals surface area contributed by atoms with E-state index in [0.29, 0.717) is 45.2 Å². The molecule has 3 aromatic rings. The lowest BCUT2D eigenvalue weighted by Gasteiger charge is -2.39. The zero-order valence-electron chi connectivity index (χ0n) is 18.7. The number of amides is 3. The molecule has 0 aliphatic carbocycles. The molecule has 0 saturated carbocycles. The summed E-state index contributed by atoms with van der Waals surface area (Å²) in [6, 6.07) is 10.6. The van der Waals surface area contributed by atoms with E-state index in [0.717, 1.165) is 23.8 Å². The van der Waals surface area contributed by atoms with Gasteiger partial charge in [0.25, 0.3) is 11.8 Å². The van der Waals surface area contributed by atoms with Gasteiger partial charge in [-0.1, -0.05) is 29.3 Å². The molecule has 2 bridgehead atoms. The number of aromatic nitrogens is 1. The fourth-order valence-corrected chi connectivity index (χ4v) is 6.17. The van der Waals surface area contributed by atoms with Crippen LogP contribution in [-0.4, -0.2) is 45.7 Å². The van der Waals surface area contributed by atoms with E-state index >= 15 is 0 Å². The second-order valence-corrected chi connectivity index (χ2v) is 10.3. The van der Waals surface area contributed by atoms with Gasteiger partial charge in [-0.3, -0.25) is 19.4 Å². The number of benzene rings is 2. The number of nitrogens with one attached hydrogen (secondary N) is 2. The average Bonchev–Trinajstić information content (AvgIpc) is 3.32. The lowest BCUT2D eigenvalue weighted by Crippen LogP contribution is -2.52. The topological polar surface area (TPSA) is 91.4 Å². The van der Waals surface area contributed by atoms with Crippen molar-refractivity contribution in [2.24, 2.45) is 0 Å². The van der Waals surface area contributed by atoms with Crippen molar-refractivity contribution in [1.29, 1.82) is 0 Å². The molecule has 2 N–H and O–H groups in total. The lowest BCUT2D eigenvalue weighted by atomic mass is 9.95. The van der Waals surface area contributed by atoms with Gasteiger partial charge in [-0.2, -0.15) is 0 Å². The van der Waals surface area contributed by atoms with E-state index in [9.17, 15) is 14.4 Å². The van der Waals surface area contributed by atoms with Gasteiger partial charge in [0.2, 0.25) is 5.91 Å². The first kappa shape index (κ1) is 22.3. The Morgan fingerprint density at radius 2 is 1.80 bits per heavy atom. The van der Waals surface area contributed by atoms with Crippen molar-refractivity contribution in [2.45, 2.75) is 50.2 Å². The molecular formula is C26H22Cl2N4O3. The van der Waals surface area contributed by atoms with Crippen molar-refractivity contribution in [3.8, 4) is 0 Å². The molecule has 3 aliphatic heterocycles. The van der Waals surface area contributed by atoms with Crippen molar-refractivity contribution in [2.75, 3.05) is 5.32 Å². The largest absolute Gasteiger partial charge is 0.349 e. The number of piperidine rings is 1. The summed E-state index contributed by atoms with van der Waals surface area (Å²) in [6.07, 6.45) is 5.08. The predicted octanol–water partition coefficient (Wildman–Crippen LogP) is 4.60. The Bertz CT molecular complexity index is 1390. The predicted molar refractivity (Wildman–Crippen MR) is 134 cm³/mol. The minimum absolute atomic E-state index is 0.00946. The third-order valence-corrected chi connectivity index (χ3v) is 7.94. The molecule has 1 aromatic heterocycles. The molecule has 2 unspecified atom stereocenters. The van der Waals surface area contributed by atoms with E-state index in [1.807, 2.05) is 11.0 Å². The molecule has 3 aliphatic rings. The van der Waals surface area contributed by atoms with Crippen LogP contribution in [0.3, 0.4) is 0 Å². The van der Waals surface area contributed by atoms with E-state index in [4.69, 9.17) is 23.2 Å². The maximum atomic E-state index is 13.4. The van der Waals surface area contributed by atoms with Gasteiger partial charge >= 0.3 is 0 Å². The van der Waals surface area contributed by atoms with Crippen molar-refractivity contribution in [3.63, 3.8) is 0 Å². The number of hydrogen-bond donors (Lipinski definition) is 2. The Labute approximate surface area is 211 Å². The molecule has 4 heterocycles. The van der Waals surface area contributed by atoms with Crippen LogP contribution >= 0.6 is 23.2 Å². The number of rotatable bonds is 3. The lowest BCUT2D eigenvalue weighted by molar-refractivity contribution is -0.115. The highest BCUT2D eigenvalue weighted by Crippen LogP contribution is 2.38. The summed E-state index contributed by atoms with van der Waals surface area (Å²) < 4.78 is 0. The molecule has 7 nitrogen and oxygen atoms in total. The van der Waals surface area contributed by atoms with Gasteiger partial charge in [-0.15, -0.1) is 0 Å². The van der Waals surface area contributed by atoms with E-state index in [1.165, 1.54) is 0 Å². The number of nitrogens with zero attached hydrogens (tertiary/aromatic N) is 2. The Hall–Kier alpha value is -3.16.